The maximum Gasteiger partial charge on any atom is 0.243 e. The highest BCUT2D eigenvalue weighted by Gasteiger charge is 2.19. The first-order valence-corrected chi connectivity index (χ1v) is 7.63. The highest BCUT2D eigenvalue weighted by molar-refractivity contribution is 5.94. The average Bonchev–Trinajstić information content (AvgIpc) is 3.00. The Hall–Kier alpha value is -2.15. The van der Waals surface area contributed by atoms with E-state index < -0.39 is 0 Å². The molecule has 1 aromatic carbocycles. The molecule has 6 nitrogen and oxygen atoms in total. The van der Waals surface area contributed by atoms with E-state index in [0.717, 1.165) is 26.2 Å². The van der Waals surface area contributed by atoms with Gasteiger partial charge < -0.3 is 20.3 Å². The molecule has 1 saturated heterocycles. The molecule has 0 bridgehead atoms. The van der Waals surface area contributed by atoms with E-state index in [-0.39, 0.29) is 18.3 Å². The first kappa shape index (κ1) is 17.2. The normalized spacial score (nSPS) is 17.9. The van der Waals surface area contributed by atoms with Crippen LogP contribution in [0.5, 0.6) is 0 Å². The summed E-state index contributed by atoms with van der Waals surface area (Å²) in [6, 6.07) is 5.80. The van der Waals surface area contributed by atoms with Crippen molar-refractivity contribution < 1.29 is 13.9 Å². The van der Waals surface area contributed by atoms with Crippen LogP contribution in [-0.2, 0) is 9.53 Å². The molecular weight excluding hydrogens is 299 g/mol. The summed E-state index contributed by atoms with van der Waals surface area (Å²) < 4.78 is 18.4. The standard InChI is InChI=1S/C16H23FN4O2/c1-18-16(21(2)10-12-6-7-23-11-12)19-9-15(22)20-14-5-3-4-13(17)8-14/h3-5,8,12H,6-7,9-11H2,1-2H3,(H,18,19)(H,20,22). The second-order valence-corrected chi connectivity index (χ2v) is 5.57. The maximum atomic E-state index is 13.1. The van der Waals surface area contributed by atoms with Gasteiger partial charge in [0.1, 0.15) is 5.82 Å². The Bertz CT molecular complexity index is 559. The summed E-state index contributed by atoms with van der Waals surface area (Å²) >= 11 is 0. The van der Waals surface area contributed by atoms with Gasteiger partial charge in [0.15, 0.2) is 5.96 Å². The molecule has 1 atom stereocenters. The Balaban J connectivity index is 1.79. The van der Waals surface area contributed by atoms with Crippen molar-refractivity contribution in [1.29, 1.82) is 0 Å². The molecule has 0 saturated carbocycles. The van der Waals surface area contributed by atoms with Gasteiger partial charge in [0.05, 0.1) is 13.2 Å². The van der Waals surface area contributed by atoms with E-state index >= 15 is 0 Å². The number of anilines is 1. The van der Waals surface area contributed by atoms with Gasteiger partial charge in [-0.2, -0.15) is 0 Å². The number of aliphatic imine (C=N–C) groups is 1. The molecule has 1 aliphatic rings. The number of hydrogen-bond donors (Lipinski definition) is 2. The molecule has 0 aliphatic carbocycles. The lowest BCUT2D eigenvalue weighted by Crippen LogP contribution is -2.44. The summed E-state index contributed by atoms with van der Waals surface area (Å²) in [6.45, 7) is 2.46. The molecule has 23 heavy (non-hydrogen) atoms. The van der Waals surface area contributed by atoms with Crippen LogP contribution in [0.1, 0.15) is 6.42 Å². The van der Waals surface area contributed by atoms with Crippen LogP contribution in [0.4, 0.5) is 10.1 Å². The zero-order valence-corrected chi connectivity index (χ0v) is 13.5. The van der Waals surface area contributed by atoms with E-state index in [1.165, 1.54) is 12.1 Å². The molecule has 2 rings (SSSR count). The van der Waals surface area contributed by atoms with Gasteiger partial charge in [-0.25, -0.2) is 4.39 Å². The van der Waals surface area contributed by atoms with Crippen LogP contribution in [0.15, 0.2) is 29.3 Å². The molecule has 126 valence electrons. The fourth-order valence-corrected chi connectivity index (χ4v) is 2.52. The van der Waals surface area contributed by atoms with Gasteiger partial charge in [0.2, 0.25) is 5.91 Å². The highest BCUT2D eigenvalue weighted by atomic mass is 19.1. The predicted octanol–water partition coefficient (Wildman–Crippen LogP) is 1.31. The third kappa shape index (κ3) is 5.52. The molecule has 1 amide bonds. The van der Waals surface area contributed by atoms with Crippen molar-refractivity contribution in [2.45, 2.75) is 6.42 Å². The second-order valence-electron chi connectivity index (χ2n) is 5.57. The van der Waals surface area contributed by atoms with Gasteiger partial charge in [0, 0.05) is 38.9 Å². The predicted molar refractivity (Wildman–Crippen MR) is 87.9 cm³/mol. The van der Waals surface area contributed by atoms with E-state index in [2.05, 4.69) is 15.6 Å². The summed E-state index contributed by atoms with van der Waals surface area (Å²) in [4.78, 5) is 18.1. The minimum Gasteiger partial charge on any atom is -0.381 e. The smallest absolute Gasteiger partial charge is 0.243 e. The number of ether oxygens (including phenoxy) is 1. The van der Waals surface area contributed by atoms with Crippen molar-refractivity contribution in [3.8, 4) is 0 Å². The molecule has 1 aliphatic heterocycles. The molecular formula is C16H23FN4O2. The number of rotatable bonds is 5. The number of amides is 1. The van der Waals surface area contributed by atoms with Crippen molar-refractivity contribution in [2.75, 3.05) is 45.7 Å². The second kappa shape index (κ2) is 8.47. The largest absolute Gasteiger partial charge is 0.381 e. The Kier molecular flexibility index (Phi) is 6.34. The summed E-state index contributed by atoms with van der Waals surface area (Å²) in [5.74, 6) is 0.491. The topological polar surface area (TPSA) is 66.0 Å². The number of nitrogens with one attached hydrogen (secondary N) is 2. The lowest BCUT2D eigenvalue weighted by Gasteiger charge is -2.24. The SMILES string of the molecule is CN=C(NCC(=O)Nc1cccc(F)c1)N(C)CC1CCOC1. The number of nitrogens with zero attached hydrogens (tertiary/aromatic N) is 2. The van der Waals surface area contributed by atoms with Gasteiger partial charge in [-0.05, 0) is 24.6 Å². The van der Waals surface area contributed by atoms with Crippen LogP contribution in [0.3, 0.4) is 0 Å². The lowest BCUT2D eigenvalue weighted by molar-refractivity contribution is -0.115. The Labute approximate surface area is 135 Å². The van der Waals surface area contributed by atoms with Crippen LogP contribution in [0.25, 0.3) is 0 Å². The lowest BCUT2D eigenvalue weighted by atomic mass is 10.1. The maximum absolute atomic E-state index is 13.1. The van der Waals surface area contributed by atoms with E-state index in [1.807, 2.05) is 11.9 Å². The van der Waals surface area contributed by atoms with Crippen LogP contribution in [0.2, 0.25) is 0 Å². The van der Waals surface area contributed by atoms with Crippen molar-refractivity contribution in [3.63, 3.8) is 0 Å². The van der Waals surface area contributed by atoms with Crippen LogP contribution in [0, 0.1) is 11.7 Å². The summed E-state index contributed by atoms with van der Waals surface area (Å²) in [5, 5.41) is 5.65. The molecule has 7 heteroatoms. The zero-order chi connectivity index (χ0) is 16.7. The van der Waals surface area contributed by atoms with E-state index in [9.17, 15) is 9.18 Å². The Morgan fingerprint density at radius 1 is 1.52 bits per heavy atom. The summed E-state index contributed by atoms with van der Waals surface area (Å²) in [6.07, 6.45) is 1.04. The molecule has 0 spiro atoms. The zero-order valence-electron chi connectivity index (χ0n) is 13.5. The summed E-state index contributed by atoms with van der Waals surface area (Å²) in [7, 11) is 3.60. The molecule has 0 aromatic heterocycles. The van der Waals surface area contributed by atoms with Gasteiger partial charge >= 0.3 is 0 Å². The molecule has 1 fully saturated rings. The Morgan fingerprint density at radius 3 is 3.00 bits per heavy atom. The number of guanidine groups is 1. The third-order valence-corrected chi connectivity index (χ3v) is 3.64. The number of hydrogen-bond acceptors (Lipinski definition) is 3. The minimum absolute atomic E-state index is 0.0642. The highest BCUT2D eigenvalue weighted by Crippen LogP contribution is 2.13. The average molecular weight is 322 g/mol. The molecule has 2 N–H and O–H groups in total. The molecule has 1 aromatic rings. The van der Waals surface area contributed by atoms with E-state index in [1.54, 1.807) is 19.2 Å². The van der Waals surface area contributed by atoms with Crippen molar-refractivity contribution >= 4 is 17.6 Å². The van der Waals surface area contributed by atoms with Crippen LogP contribution < -0.4 is 10.6 Å². The van der Waals surface area contributed by atoms with E-state index in [4.69, 9.17) is 4.74 Å². The van der Waals surface area contributed by atoms with Crippen LogP contribution in [-0.4, -0.2) is 57.2 Å². The van der Waals surface area contributed by atoms with Gasteiger partial charge in [-0.1, -0.05) is 6.07 Å². The Morgan fingerprint density at radius 2 is 2.35 bits per heavy atom. The summed E-state index contributed by atoms with van der Waals surface area (Å²) in [5.41, 5.74) is 0.434. The van der Waals surface area contributed by atoms with Gasteiger partial charge in [-0.15, -0.1) is 0 Å². The first-order chi connectivity index (χ1) is 11.1. The molecule has 1 heterocycles. The fourth-order valence-electron chi connectivity index (χ4n) is 2.52. The molecule has 0 radical (unpaired) electrons. The monoisotopic (exact) mass is 322 g/mol. The fraction of sp³-hybridized carbons (Fsp3) is 0.500. The van der Waals surface area contributed by atoms with Crippen molar-refractivity contribution in [3.05, 3.63) is 30.1 Å². The number of benzene rings is 1. The number of halogens is 1. The van der Waals surface area contributed by atoms with E-state index in [0.29, 0.717) is 17.6 Å². The van der Waals surface area contributed by atoms with Gasteiger partial charge in [0.25, 0.3) is 0 Å². The minimum atomic E-state index is -0.384. The quantitative estimate of drug-likeness (QED) is 0.634. The third-order valence-electron chi connectivity index (χ3n) is 3.64. The number of carbonyl (C=O) groups is 1. The van der Waals surface area contributed by atoms with Gasteiger partial charge in [-0.3, -0.25) is 9.79 Å². The first-order valence-electron chi connectivity index (χ1n) is 7.63. The molecule has 1 unspecified atom stereocenters. The van der Waals surface area contributed by atoms with Crippen molar-refractivity contribution in [1.82, 2.24) is 10.2 Å². The van der Waals surface area contributed by atoms with Crippen molar-refractivity contribution in [2.24, 2.45) is 10.9 Å². The number of carbonyl (C=O) groups excluding carboxylic acids is 1. The van der Waals surface area contributed by atoms with Crippen LogP contribution >= 0.6 is 0 Å².